The Kier molecular flexibility index (Phi) is 4.55. The second-order valence-corrected chi connectivity index (χ2v) is 5.05. The van der Waals surface area contributed by atoms with Crippen molar-refractivity contribution in [3.63, 3.8) is 0 Å². The van der Waals surface area contributed by atoms with Crippen molar-refractivity contribution in [3.8, 4) is 0 Å². The van der Waals surface area contributed by atoms with E-state index in [1.807, 2.05) is 26.1 Å². The molecule has 116 valence electrons. The van der Waals surface area contributed by atoms with Crippen LogP contribution in [0.25, 0.3) is 0 Å². The molecule has 2 aromatic rings. The van der Waals surface area contributed by atoms with E-state index < -0.39 is 4.92 Å². The van der Waals surface area contributed by atoms with E-state index in [9.17, 15) is 14.9 Å². The van der Waals surface area contributed by atoms with Crippen LogP contribution in [-0.2, 0) is 6.54 Å². The first-order valence-corrected chi connectivity index (χ1v) is 7.01. The topological polar surface area (TPSA) is 90.1 Å². The third-order valence-corrected chi connectivity index (χ3v) is 3.43. The highest BCUT2D eigenvalue weighted by atomic mass is 16.6. The van der Waals surface area contributed by atoms with Crippen LogP contribution in [0.2, 0.25) is 0 Å². The Hall–Kier alpha value is -2.70. The molecule has 0 aliphatic carbocycles. The number of aryl methyl sites for hydroxylation is 2. The summed E-state index contributed by atoms with van der Waals surface area (Å²) in [5.74, 6) is -0.281. The number of nitro benzene ring substituents is 1. The van der Waals surface area contributed by atoms with E-state index >= 15 is 0 Å². The van der Waals surface area contributed by atoms with Crippen LogP contribution >= 0.6 is 0 Å². The molecule has 1 aromatic heterocycles. The van der Waals surface area contributed by atoms with Crippen LogP contribution in [0.15, 0.2) is 30.5 Å². The lowest BCUT2D eigenvalue weighted by molar-refractivity contribution is -0.385. The largest absolute Gasteiger partial charge is 0.344 e. The standard InChI is InChI=1S/C15H18N4O3/c1-4-18-8-7-13(17-18)11(3)16-15(20)12-5-6-14(19(21)22)10(2)9-12/h5-9,11H,4H2,1-3H3,(H,16,20). The monoisotopic (exact) mass is 302 g/mol. The molecule has 1 heterocycles. The first-order valence-electron chi connectivity index (χ1n) is 7.01. The molecule has 1 N–H and O–H groups in total. The summed E-state index contributed by atoms with van der Waals surface area (Å²) in [6, 6.07) is 5.94. The Balaban J connectivity index is 2.11. The summed E-state index contributed by atoms with van der Waals surface area (Å²) in [6.07, 6.45) is 1.86. The number of nitrogens with one attached hydrogen (secondary N) is 1. The summed E-state index contributed by atoms with van der Waals surface area (Å²) in [5, 5.41) is 18.0. The highest BCUT2D eigenvalue weighted by molar-refractivity contribution is 5.94. The summed E-state index contributed by atoms with van der Waals surface area (Å²) in [5.41, 5.74) is 1.63. The van der Waals surface area contributed by atoms with Crippen molar-refractivity contribution < 1.29 is 9.72 Å². The van der Waals surface area contributed by atoms with Gasteiger partial charge in [-0.3, -0.25) is 19.6 Å². The second kappa shape index (κ2) is 6.38. The van der Waals surface area contributed by atoms with Gasteiger partial charge < -0.3 is 5.32 Å². The smallest absolute Gasteiger partial charge is 0.272 e. The molecule has 0 radical (unpaired) electrons. The number of benzene rings is 1. The fourth-order valence-electron chi connectivity index (χ4n) is 2.14. The van der Waals surface area contributed by atoms with Gasteiger partial charge in [-0.05, 0) is 39.0 Å². The SMILES string of the molecule is CCn1ccc(C(C)NC(=O)c2ccc([N+](=O)[O-])c(C)c2)n1. The Bertz CT molecular complexity index is 709. The third kappa shape index (κ3) is 3.30. The van der Waals surface area contributed by atoms with Crippen LogP contribution in [0.5, 0.6) is 0 Å². The molecule has 1 amide bonds. The molecule has 0 bridgehead atoms. The van der Waals surface area contributed by atoms with Gasteiger partial charge in [-0.25, -0.2) is 0 Å². The maximum atomic E-state index is 12.2. The molecule has 1 atom stereocenters. The van der Waals surface area contributed by atoms with Crippen molar-refractivity contribution in [3.05, 3.63) is 57.4 Å². The molecule has 1 unspecified atom stereocenters. The average molecular weight is 302 g/mol. The van der Waals surface area contributed by atoms with Gasteiger partial charge in [-0.15, -0.1) is 0 Å². The molecule has 0 aliphatic rings. The molecule has 0 fully saturated rings. The van der Waals surface area contributed by atoms with E-state index in [1.165, 1.54) is 18.2 Å². The van der Waals surface area contributed by atoms with Gasteiger partial charge in [0.1, 0.15) is 0 Å². The molecule has 0 saturated heterocycles. The summed E-state index contributed by atoms with van der Waals surface area (Å²) < 4.78 is 1.79. The highest BCUT2D eigenvalue weighted by Crippen LogP contribution is 2.19. The molecular weight excluding hydrogens is 284 g/mol. The van der Waals surface area contributed by atoms with Crippen LogP contribution in [0.3, 0.4) is 0 Å². The molecule has 7 heteroatoms. The minimum atomic E-state index is -0.461. The first-order chi connectivity index (χ1) is 10.4. The first kappa shape index (κ1) is 15.7. The zero-order chi connectivity index (χ0) is 16.3. The number of hydrogen-bond donors (Lipinski definition) is 1. The van der Waals surface area contributed by atoms with E-state index in [2.05, 4.69) is 10.4 Å². The molecule has 1 aromatic carbocycles. The predicted octanol–water partition coefficient (Wildman–Crippen LogP) is 2.61. The van der Waals surface area contributed by atoms with E-state index in [4.69, 9.17) is 0 Å². The number of hydrogen-bond acceptors (Lipinski definition) is 4. The van der Waals surface area contributed by atoms with Crippen molar-refractivity contribution in [2.75, 3.05) is 0 Å². The number of rotatable bonds is 5. The van der Waals surface area contributed by atoms with Gasteiger partial charge in [-0.2, -0.15) is 5.10 Å². The fraction of sp³-hybridized carbons (Fsp3) is 0.333. The lowest BCUT2D eigenvalue weighted by Gasteiger charge is -2.12. The van der Waals surface area contributed by atoms with Gasteiger partial charge in [0.05, 0.1) is 16.7 Å². The predicted molar refractivity (Wildman–Crippen MR) is 81.6 cm³/mol. The molecule has 0 spiro atoms. The lowest BCUT2D eigenvalue weighted by Crippen LogP contribution is -2.27. The third-order valence-electron chi connectivity index (χ3n) is 3.43. The number of carbonyl (C=O) groups is 1. The maximum Gasteiger partial charge on any atom is 0.272 e. The normalized spacial score (nSPS) is 12.0. The zero-order valence-corrected chi connectivity index (χ0v) is 12.7. The van der Waals surface area contributed by atoms with Crippen molar-refractivity contribution >= 4 is 11.6 Å². The molecule has 2 rings (SSSR count). The minimum absolute atomic E-state index is 0.00582. The van der Waals surface area contributed by atoms with Gasteiger partial charge in [0.2, 0.25) is 0 Å². The summed E-state index contributed by atoms with van der Waals surface area (Å²) in [6.45, 7) is 6.21. The number of nitrogens with zero attached hydrogens (tertiary/aromatic N) is 3. The van der Waals surface area contributed by atoms with Gasteiger partial charge in [0, 0.05) is 29.9 Å². The summed E-state index contributed by atoms with van der Waals surface area (Å²) >= 11 is 0. The van der Waals surface area contributed by atoms with Crippen molar-refractivity contribution in [1.82, 2.24) is 15.1 Å². The summed E-state index contributed by atoms with van der Waals surface area (Å²) in [7, 11) is 0. The minimum Gasteiger partial charge on any atom is -0.344 e. The van der Waals surface area contributed by atoms with E-state index in [-0.39, 0.29) is 17.6 Å². The van der Waals surface area contributed by atoms with Crippen LogP contribution in [0.4, 0.5) is 5.69 Å². The number of amides is 1. The fourth-order valence-corrected chi connectivity index (χ4v) is 2.14. The zero-order valence-electron chi connectivity index (χ0n) is 12.7. The van der Waals surface area contributed by atoms with Crippen molar-refractivity contribution in [1.29, 1.82) is 0 Å². The molecule has 22 heavy (non-hydrogen) atoms. The van der Waals surface area contributed by atoms with Gasteiger partial charge in [0.15, 0.2) is 0 Å². The Morgan fingerprint density at radius 3 is 2.73 bits per heavy atom. The van der Waals surface area contributed by atoms with Gasteiger partial charge in [-0.1, -0.05) is 0 Å². The average Bonchev–Trinajstić information content (AvgIpc) is 2.95. The number of nitro groups is 1. The summed E-state index contributed by atoms with van der Waals surface area (Å²) in [4.78, 5) is 22.6. The van der Waals surface area contributed by atoms with E-state index in [1.54, 1.807) is 11.6 Å². The highest BCUT2D eigenvalue weighted by Gasteiger charge is 2.16. The number of carbonyl (C=O) groups excluding carboxylic acids is 1. The van der Waals surface area contributed by atoms with Crippen LogP contribution in [0, 0.1) is 17.0 Å². The van der Waals surface area contributed by atoms with Gasteiger partial charge in [0.25, 0.3) is 11.6 Å². The van der Waals surface area contributed by atoms with Crippen LogP contribution in [0.1, 0.15) is 41.5 Å². The Morgan fingerprint density at radius 2 is 2.18 bits per heavy atom. The molecule has 0 saturated carbocycles. The maximum absolute atomic E-state index is 12.2. The second-order valence-electron chi connectivity index (χ2n) is 5.05. The quantitative estimate of drug-likeness (QED) is 0.679. The molecule has 7 nitrogen and oxygen atoms in total. The molecule has 0 aliphatic heterocycles. The molecular formula is C15H18N4O3. The Labute approximate surface area is 128 Å². The van der Waals surface area contributed by atoms with Crippen molar-refractivity contribution in [2.24, 2.45) is 0 Å². The van der Waals surface area contributed by atoms with Gasteiger partial charge >= 0.3 is 0 Å². The van der Waals surface area contributed by atoms with Crippen LogP contribution in [-0.4, -0.2) is 20.6 Å². The van der Waals surface area contributed by atoms with E-state index in [0.717, 1.165) is 12.2 Å². The Morgan fingerprint density at radius 1 is 1.45 bits per heavy atom. The number of aromatic nitrogens is 2. The lowest BCUT2D eigenvalue weighted by atomic mass is 10.1. The van der Waals surface area contributed by atoms with E-state index in [0.29, 0.717) is 11.1 Å². The van der Waals surface area contributed by atoms with Crippen molar-refractivity contribution in [2.45, 2.75) is 33.4 Å². The van der Waals surface area contributed by atoms with Crippen LogP contribution < -0.4 is 5.32 Å².